The van der Waals surface area contributed by atoms with Crippen molar-refractivity contribution in [1.29, 1.82) is 0 Å². The number of aromatic amines is 1. The van der Waals surface area contributed by atoms with Crippen LogP contribution in [-0.2, 0) is 6.54 Å². The molecule has 1 aromatic heterocycles. The second-order valence-electron chi connectivity index (χ2n) is 6.42. The number of H-pyrrole nitrogens is 1. The number of nitrogens with one attached hydrogen (secondary N) is 2. The molecule has 1 heterocycles. The van der Waals surface area contributed by atoms with E-state index in [1.807, 2.05) is 7.05 Å². The van der Waals surface area contributed by atoms with E-state index in [-0.39, 0.29) is 5.69 Å². The SMILES string of the molecule is CCCn1c(SC2CC(C)(C)CCC2NC)n[nH]c1=O. The molecule has 1 aliphatic carbocycles. The maximum Gasteiger partial charge on any atom is 0.343 e. The maximum absolute atomic E-state index is 11.8. The topological polar surface area (TPSA) is 62.7 Å². The summed E-state index contributed by atoms with van der Waals surface area (Å²) < 4.78 is 1.76. The van der Waals surface area contributed by atoms with Gasteiger partial charge in [-0.15, -0.1) is 5.10 Å². The van der Waals surface area contributed by atoms with Crippen molar-refractivity contribution in [3.8, 4) is 0 Å². The average molecular weight is 298 g/mol. The van der Waals surface area contributed by atoms with Crippen LogP contribution in [0.3, 0.4) is 0 Å². The van der Waals surface area contributed by atoms with Crippen molar-refractivity contribution in [2.24, 2.45) is 5.41 Å². The van der Waals surface area contributed by atoms with Gasteiger partial charge in [-0.3, -0.25) is 4.57 Å². The molecule has 1 aromatic rings. The fourth-order valence-electron chi connectivity index (χ4n) is 2.92. The summed E-state index contributed by atoms with van der Waals surface area (Å²) in [5, 5.41) is 11.5. The van der Waals surface area contributed by atoms with Crippen molar-refractivity contribution in [1.82, 2.24) is 20.1 Å². The lowest BCUT2D eigenvalue weighted by Crippen LogP contribution is -2.43. The molecule has 6 heteroatoms. The van der Waals surface area contributed by atoms with Crippen LogP contribution in [0.25, 0.3) is 0 Å². The van der Waals surface area contributed by atoms with Gasteiger partial charge in [-0.1, -0.05) is 32.5 Å². The van der Waals surface area contributed by atoms with Crippen LogP contribution in [-0.4, -0.2) is 33.1 Å². The average Bonchev–Trinajstić information content (AvgIpc) is 2.71. The first-order valence-electron chi connectivity index (χ1n) is 7.46. The minimum Gasteiger partial charge on any atom is -0.316 e. The minimum atomic E-state index is -0.0922. The number of thioether (sulfide) groups is 1. The third-order valence-electron chi connectivity index (χ3n) is 4.13. The standard InChI is InChI=1S/C14H26N4OS/c1-5-8-18-12(19)16-17-13(18)20-11-9-14(2,3)7-6-10(11)15-4/h10-11,15H,5-9H2,1-4H3,(H,16,19). The van der Waals surface area contributed by atoms with Gasteiger partial charge in [0.25, 0.3) is 0 Å². The van der Waals surface area contributed by atoms with Gasteiger partial charge in [0.15, 0.2) is 5.16 Å². The third kappa shape index (κ3) is 3.47. The predicted octanol–water partition coefficient (Wildman–Crippen LogP) is 2.24. The van der Waals surface area contributed by atoms with Crippen molar-refractivity contribution in [2.75, 3.05) is 7.05 Å². The molecule has 114 valence electrons. The first-order valence-corrected chi connectivity index (χ1v) is 8.34. The lowest BCUT2D eigenvalue weighted by Gasteiger charge is -2.40. The molecular formula is C14H26N4OS. The fourth-order valence-corrected chi connectivity index (χ4v) is 4.57. The molecule has 0 bridgehead atoms. The van der Waals surface area contributed by atoms with Crippen molar-refractivity contribution in [3.05, 3.63) is 10.5 Å². The lowest BCUT2D eigenvalue weighted by atomic mass is 9.75. The summed E-state index contributed by atoms with van der Waals surface area (Å²) in [5.41, 5.74) is 0.280. The zero-order chi connectivity index (χ0) is 14.8. The molecular weight excluding hydrogens is 272 g/mol. The van der Waals surface area contributed by atoms with Gasteiger partial charge in [0.2, 0.25) is 0 Å². The summed E-state index contributed by atoms with van der Waals surface area (Å²) in [7, 11) is 2.03. The summed E-state index contributed by atoms with van der Waals surface area (Å²) in [6.45, 7) is 7.47. The molecule has 1 aliphatic rings. The molecule has 2 atom stereocenters. The molecule has 2 N–H and O–H groups in total. The fraction of sp³-hybridized carbons (Fsp3) is 0.857. The van der Waals surface area contributed by atoms with Crippen LogP contribution < -0.4 is 11.0 Å². The Balaban J connectivity index is 2.16. The highest BCUT2D eigenvalue weighted by Gasteiger charge is 2.35. The molecule has 0 amide bonds. The first-order chi connectivity index (χ1) is 9.46. The van der Waals surface area contributed by atoms with Crippen LogP contribution in [0, 0.1) is 5.41 Å². The van der Waals surface area contributed by atoms with Gasteiger partial charge in [0.05, 0.1) is 0 Å². The Kier molecular flexibility index (Phi) is 4.96. The maximum atomic E-state index is 11.8. The molecule has 0 spiro atoms. The van der Waals surface area contributed by atoms with Crippen LogP contribution in [0.2, 0.25) is 0 Å². The van der Waals surface area contributed by atoms with E-state index >= 15 is 0 Å². The highest BCUT2D eigenvalue weighted by molar-refractivity contribution is 7.99. The Hall–Kier alpha value is -0.750. The van der Waals surface area contributed by atoms with Gasteiger partial charge in [0, 0.05) is 17.8 Å². The van der Waals surface area contributed by atoms with E-state index in [0.717, 1.165) is 24.5 Å². The van der Waals surface area contributed by atoms with E-state index in [9.17, 15) is 4.79 Å². The predicted molar refractivity (Wildman–Crippen MR) is 83.3 cm³/mol. The molecule has 0 aromatic carbocycles. The number of hydrogen-bond acceptors (Lipinski definition) is 4. The Labute approximate surface area is 124 Å². The van der Waals surface area contributed by atoms with E-state index < -0.39 is 0 Å². The van der Waals surface area contributed by atoms with Crippen molar-refractivity contribution >= 4 is 11.8 Å². The Morgan fingerprint density at radius 2 is 2.30 bits per heavy atom. The minimum absolute atomic E-state index is 0.0922. The van der Waals surface area contributed by atoms with E-state index in [1.54, 1.807) is 16.3 Å². The molecule has 2 rings (SSSR count). The van der Waals surface area contributed by atoms with Crippen LogP contribution in [0.4, 0.5) is 0 Å². The summed E-state index contributed by atoms with van der Waals surface area (Å²) in [5.74, 6) is 0. The van der Waals surface area contributed by atoms with E-state index in [4.69, 9.17) is 0 Å². The molecule has 1 fully saturated rings. The second kappa shape index (κ2) is 6.35. The zero-order valence-electron chi connectivity index (χ0n) is 12.9. The van der Waals surface area contributed by atoms with Crippen molar-refractivity contribution in [2.45, 2.75) is 69.4 Å². The first kappa shape index (κ1) is 15.6. The molecule has 5 nitrogen and oxygen atoms in total. The highest BCUT2D eigenvalue weighted by Crippen LogP contribution is 2.41. The van der Waals surface area contributed by atoms with E-state index in [0.29, 0.717) is 16.7 Å². The number of hydrogen-bond donors (Lipinski definition) is 2. The Morgan fingerprint density at radius 3 is 2.95 bits per heavy atom. The molecule has 0 saturated heterocycles. The van der Waals surface area contributed by atoms with Crippen molar-refractivity contribution < 1.29 is 0 Å². The van der Waals surface area contributed by atoms with Crippen LogP contribution >= 0.6 is 11.8 Å². The number of nitrogens with zero attached hydrogens (tertiary/aromatic N) is 2. The van der Waals surface area contributed by atoms with Gasteiger partial charge in [-0.2, -0.15) is 0 Å². The van der Waals surface area contributed by atoms with E-state index in [1.165, 1.54) is 12.8 Å². The monoisotopic (exact) mass is 298 g/mol. The van der Waals surface area contributed by atoms with Crippen molar-refractivity contribution in [3.63, 3.8) is 0 Å². The van der Waals surface area contributed by atoms with Gasteiger partial charge in [-0.25, -0.2) is 9.89 Å². The summed E-state index contributed by atoms with van der Waals surface area (Å²) in [6.07, 6.45) is 4.52. The molecule has 0 aliphatic heterocycles. The number of rotatable bonds is 5. The molecule has 2 unspecified atom stereocenters. The van der Waals surface area contributed by atoms with Crippen LogP contribution in [0.5, 0.6) is 0 Å². The number of aromatic nitrogens is 3. The largest absolute Gasteiger partial charge is 0.343 e. The molecule has 0 radical (unpaired) electrons. The Bertz CT molecular complexity index is 494. The van der Waals surface area contributed by atoms with Gasteiger partial charge in [0.1, 0.15) is 0 Å². The van der Waals surface area contributed by atoms with E-state index in [2.05, 4.69) is 36.3 Å². The van der Waals surface area contributed by atoms with Crippen LogP contribution in [0.1, 0.15) is 46.5 Å². The summed E-state index contributed by atoms with van der Waals surface area (Å²) in [4.78, 5) is 11.8. The smallest absolute Gasteiger partial charge is 0.316 e. The lowest BCUT2D eigenvalue weighted by molar-refractivity contribution is 0.218. The second-order valence-corrected chi connectivity index (χ2v) is 7.63. The third-order valence-corrected chi connectivity index (χ3v) is 5.45. The van der Waals surface area contributed by atoms with Gasteiger partial charge >= 0.3 is 5.69 Å². The zero-order valence-corrected chi connectivity index (χ0v) is 13.7. The molecule has 20 heavy (non-hydrogen) atoms. The van der Waals surface area contributed by atoms with Gasteiger partial charge < -0.3 is 5.32 Å². The quantitative estimate of drug-likeness (QED) is 0.875. The van der Waals surface area contributed by atoms with Crippen LogP contribution in [0.15, 0.2) is 9.95 Å². The summed E-state index contributed by atoms with van der Waals surface area (Å²) >= 11 is 1.75. The van der Waals surface area contributed by atoms with Gasteiger partial charge in [-0.05, 0) is 38.1 Å². The Morgan fingerprint density at radius 1 is 1.55 bits per heavy atom. The highest BCUT2D eigenvalue weighted by atomic mass is 32.2. The summed E-state index contributed by atoms with van der Waals surface area (Å²) in [6, 6.07) is 0.495. The molecule has 1 saturated carbocycles. The normalized spacial score (nSPS) is 25.8.